The fraction of sp³-hybridized carbons (Fsp3) is 0.278. The molecule has 0 heterocycles. The molecule has 0 bridgehead atoms. The number of anilines is 1. The second-order valence-corrected chi connectivity index (χ2v) is 5.76. The lowest BCUT2D eigenvalue weighted by molar-refractivity contribution is -0.117. The van der Waals surface area contributed by atoms with Crippen molar-refractivity contribution in [3.05, 3.63) is 58.9 Å². The van der Waals surface area contributed by atoms with Crippen LogP contribution in [0.3, 0.4) is 0 Å². The van der Waals surface area contributed by atoms with Crippen LogP contribution in [0.15, 0.2) is 42.5 Å². The van der Waals surface area contributed by atoms with Crippen molar-refractivity contribution in [1.29, 1.82) is 0 Å². The lowest BCUT2D eigenvalue weighted by Gasteiger charge is -2.20. The number of hydrogen-bond donors (Lipinski definition) is 1. The summed E-state index contributed by atoms with van der Waals surface area (Å²) in [5.74, 6) is -0.00606. The third kappa shape index (κ3) is 5.22. The van der Waals surface area contributed by atoms with Gasteiger partial charge in [0.1, 0.15) is 11.6 Å². The molecule has 1 amide bonds. The Kier molecular flexibility index (Phi) is 6.58. The summed E-state index contributed by atoms with van der Waals surface area (Å²) in [7, 11) is 1.62. The monoisotopic (exact) mass is 350 g/mol. The number of methoxy groups -OCH3 is 1. The van der Waals surface area contributed by atoms with Gasteiger partial charge in [0, 0.05) is 11.6 Å². The molecule has 0 radical (unpaired) electrons. The van der Waals surface area contributed by atoms with E-state index >= 15 is 0 Å². The first-order valence-corrected chi connectivity index (χ1v) is 7.99. The molecule has 0 unspecified atom stereocenters. The second-order valence-electron chi connectivity index (χ2n) is 5.32. The summed E-state index contributed by atoms with van der Waals surface area (Å²) in [5.41, 5.74) is 1.16. The highest BCUT2D eigenvalue weighted by molar-refractivity contribution is 6.30. The highest BCUT2D eigenvalue weighted by Gasteiger charge is 2.12. The van der Waals surface area contributed by atoms with E-state index in [4.69, 9.17) is 16.3 Å². The molecule has 0 saturated carbocycles. The van der Waals surface area contributed by atoms with Crippen LogP contribution in [0.5, 0.6) is 5.75 Å². The minimum Gasteiger partial charge on any atom is -0.497 e. The van der Waals surface area contributed by atoms with Crippen LogP contribution < -0.4 is 10.1 Å². The first-order chi connectivity index (χ1) is 11.5. The van der Waals surface area contributed by atoms with Crippen LogP contribution in [0.2, 0.25) is 5.02 Å². The van der Waals surface area contributed by atoms with Crippen LogP contribution in [0.25, 0.3) is 0 Å². The largest absolute Gasteiger partial charge is 0.497 e. The van der Waals surface area contributed by atoms with E-state index in [2.05, 4.69) is 5.32 Å². The van der Waals surface area contributed by atoms with Gasteiger partial charge in [0.05, 0.1) is 19.3 Å². The number of ether oxygens (including phenoxy) is 1. The van der Waals surface area contributed by atoms with E-state index in [9.17, 15) is 9.18 Å². The topological polar surface area (TPSA) is 41.6 Å². The maximum absolute atomic E-state index is 13.7. The number of benzene rings is 2. The molecule has 0 fully saturated rings. The molecule has 2 rings (SSSR count). The van der Waals surface area contributed by atoms with Crippen molar-refractivity contribution < 1.29 is 13.9 Å². The number of nitrogens with zero attached hydrogens (tertiary/aromatic N) is 1. The van der Waals surface area contributed by atoms with E-state index in [1.807, 2.05) is 36.1 Å². The molecule has 0 atom stereocenters. The Morgan fingerprint density at radius 2 is 1.96 bits per heavy atom. The molecule has 0 aliphatic heterocycles. The maximum Gasteiger partial charge on any atom is 0.238 e. The van der Waals surface area contributed by atoms with Gasteiger partial charge in [-0.05, 0) is 42.4 Å². The Morgan fingerprint density at radius 1 is 1.25 bits per heavy atom. The van der Waals surface area contributed by atoms with Gasteiger partial charge in [-0.2, -0.15) is 0 Å². The molecule has 0 spiro atoms. The van der Waals surface area contributed by atoms with Gasteiger partial charge in [-0.1, -0.05) is 30.7 Å². The van der Waals surface area contributed by atoms with Gasteiger partial charge in [0.2, 0.25) is 5.91 Å². The maximum atomic E-state index is 13.7. The Balaban J connectivity index is 1.95. The summed E-state index contributed by atoms with van der Waals surface area (Å²) >= 11 is 5.83. The Labute approximate surface area is 146 Å². The van der Waals surface area contributed by atoms with Gasteiger partial charge >= 0.3 is 0 Å². The molecule has 2 aromatic rings. The Hall–Kier alpha value is -2.11. The summed E-state index contributed by atoms with van der Waals surface area (Å²) in [6.07, 6.45) is 0. The molecule has 0 aromatic heterocycles. The zero-order chi connectivity index (χ0) is 17.5. The van der Waals surface area contributed by atoms with Crippen LogP contribution in [0, 0.1) is 5.82 Å². The average molecular weight is 351 g/mol. The number of carbonyl (C=O) groups is 1. The third-order valence-electron chi connectivity index (χ3n) is 3.58. The van der Waals surface area contributed by atoms with Crippen LogP contribution in [-0.4, -0.2) is 31.0 Å². The molecular formula is C18H20ClFN2O2. The van der Waals surface area contributed by atoms with Crippen molar-refractivity contribution in [1.82, 2.24) is 4.90 Å². The molecular weight excluding hydrogens is 331 g/mol. The van der Waals surface area contributed by atoms with E-state index < -0.39 is 5.82 Å². The van der Waals surface area contributed by atoms with Crippen molar-refractivity contribution in [3.8, 4) is 5.75 Å². The van der Waals surface area contributed by atoms with E-state index in [0.717, 1.165) is 11.3 Å². The molecule has 0 aliphatic carbocycles. The highest BCUT2D eigenvalue weighted by Crippen LogP contribution is 2.19. The Morgan fingerprint density at radius 3 is 2.58 bits per heavy atom. The molecule has 1 N–H and O–H groups in total. The minimum atomic E-state index is -0.508. The van der Waals surface area contributed by atoms with Crippen molar-refractivity contribution >= 4 is 23.2 Å². The van der Waals surface area contributed by atoms with E-state index in [0.29, 0.717) is 18.1 Å². The molecule has 2 aromatic carbocycles. The van der Waals surface area contributed by atoms with Gasteiger partial charge in [-0.25, -0.2) is 4.39 Å². The van der Waals surface area contributed by atoms with Crippen molar-refractivity contribution in [3.63, 3.8) is 0 Å². The predicted octanol–water partition coefficient (Wildman–Crippen LogP) is 3.95. The van der Waals surface area contributed by atoms with Gasteiger partial charge in [0.15, 0.2) is 0 Å². The SMILES string of the molecule is CCN(CC(=O)Nc1cc(Cl)ccc1F)Cc1ccc(OC)cc1. The number of hydrogen-bond acceptors (Lipinski definition) is 3. The Bertz CT molecular complexity index is 692. The van der Waals surface area contributed by atoms with E-state index in [1.165, 1.54) is 18.2 Å². The standard InChI is InChI=1S/C18H20ClFN2O2/c1-3-22(11-13-4-7-15(24-2)8-5-13)12-18(23)21-17-10-14(19)6-9-16(17)20/h4-10H,3,11-12H2,1-2H3,(H,21,23). The highest BCUT2D eigenvalue weighted by atomic mass is 35.5. The average Bonchev–Trinajstić information content (AvgIpc) is 2.58. The predicted molar refractivity (Wildman–Crippen MR) is 94.0 cm³/mol. The molecule has 0 saturated heterocycles. The van der Waals surface area contributed by atoms with Gasteiger partial charge in [0.25, 0.3) is 0 Å². The summed E-state index contributed by atoms with van der Waals surface area (Å²) in [6, 6.07) is 11.7. The van der Waals surface area contributed by atoms with E-state index in [1.54, 1.807) is 7.11 Å². The van der Waals surface area contributed by atoms with Crippen LogP contribution in [-0.2, 0) is 11.3 Å². The van der Waals surface area contributed by atoms with Crippen molar-refractivity contribution in [2.75, 3.05) is 25.5 Å². The summed E-state index contributed by atoms with van der Waals surface area (Å²) < 4.78 is 18.8. The zero-order valence-corrected chi connectivity index (χ0v) is 14.4. The normalized spacial score (nSPS) is 10.7. The third-order valence-corrected chi connectivity index (χ3v) is 3.82. The fourth-order valence-corrected chi connectivity index (χ4v) is 2.43. The lowest BCUT2D eigenvalue weighted by atomic mass is 10.2. The quantitative estimate of drug-likeness (QED) is 0.822. The molecule has 0 aliphatic rings. The number of likely N-dealkylation sites (N-methyl/N-ethyl adjacent to an activating group) is 1. The number of nitrogens with one attached hydrogen (secondary N) is 1. The molecule has 128 valence electrons. The smallest absolute Gasteiger partial charge is 0.238 e. The number of halogens is 2. The second kappa shape index (κ2) is 8.66. The fourth-order valence-electron chi connectivity index (χ4n) is 2.25. The van der Waals surface area contributed by atoms with E-state index in [-0.39, 0.29) is 18.1 Å². The first-order valence-electron chi connectivity index (χ1n) is 7.62. The summed E-state index contributed by atoms with van der Waals surface area (Å²) in [5, 5.41) is 2.93. The molecule has 4 nitrogen and oxygen atoms in total. The van der Waals surface area contributed by atoms with Gasteiger partial charge < -0.3 is 10.1 Å². The van der Waals surface area contributed by atoms with Crippen molar-refractivity contribution in [2.24, 2.45) is 0 Å². The summed E-state index contributed by atoms with van der Waals surface area (Å²) in [6.45, 7) is 3.44. The summed E-state index contributed by atoms with van der Waals surface area (Å²) in [4.78, 5) is 14.1. The van der Waals surface area contributed by atoms with Crippen molar-refractivity contribution in [2.45, 2.75) is 13.5 Å². The minimum absolute atomic E-state index is 0.0907. The molecule has 6 heteroatoms. The molecule has 24 heavy (non-hydrogen) atoms. The number of rotatable bonds is 7. The van der Waals surface area contributed by atoms with Gasteiger partial charge in [-0.3, -0.25) is 9.69 Å². The zero-order valence-electron chi connectivity index (χ0n) is 13.7. The first kappa shape index (κ1) is 18.2. The van der Waals surface area contributed by atoms with Gasteiger partial charge in [-0.15, -0.1) is 0 Å². The number of carbonyl (C=O) groups excluding carboxylic acids is 1. The number of amides is 1. The van der Waals surface area contributed by atoms with Crippen LogP contribution in [0.4, 0.5) is 10.1 Å². The lowest BCUT2D eigenvalue weighted by Crippen LogP contribution is -2.32. The van der Waals surface area contributed by atoms with Crippen LogP contribution in [0.1, 0.15) is 12.5 Å². The van der Waals surface area contributed by atoms with Crippen LogP contribution >= 0.6 is 11.6 Å².